The second kappa shape index (κ2) is 13.1. The Kier molecular flexibility index (Phi) is 10.8. The lowest BCUT2D eigenvalue weighted by Gasteiger charge is -2.38. The summed E-state index contributed by atoms with van der Waals surface area (Å²) in [6.07, 6.45) is 5.08. The van der Waals surface area contributed by atoms with Gasteiger partial charge < -0.3 is 24.1 Å². The fourth-order valence-electron chi connectivity index (χ4n) is 4.32. The molecule has 1 aliphatic heterocycles. The van der Waals surface area contributed by atoms with Gasteiger partial charge in [-0.15, -0.1) is 0 Å². The zero-order valence-electron chi connectivity index (χ0n) is 21.8. The number of ether oxygens (including phenoxy) is 4. The summed E-state index contributed by atoms with van der Waals surface area (Å²) >= 11 is 0. The van der Waals surface area contributed by atoms with E-state index in [4.69, 9.17) is 24.1 Å². The molecule has 7 heteroatoms. The van der Waals surface area contributed by atoms with Crippen molar-refractivity contribution < 1.29 is 33.6 Å². The molecule has 0 spiro atoms. The van der Waals surface area contributed by atoms with E-state index in [-0.39, 0.29) is 44.9 Å². The van der Waals surface area contributed by atoms with E-state index >= 15 is 0 Å². The second-order valence-corrected chi connectivity index (χ2v) is 9.88. The lowest BCUT2D eigenvalue weighted by molar-refractivity contribution is -0.148. The third-order valence-electron chi connectivity index (χ3n) is 6.53. The first-order valence-corrected chi connectivity index (χ1v) is 12.4. The highest BCUT2D eigenvalue weighted by molar-refractivity contribution is 5.80. The van der Waals surface area contributed by atoms with Crippen LogP contribution < -0.4 is 9.47 Å². The van der Waals surface area contributed by atoms with E-state index in [2.05, 4.69) is 20.8 Å². The Hall–Kier alpha value is -2.12. The van der Waals surface area contributed by atoms with Crippen LogP contribution in [0.5, 0.6) is 11.5 Å². The van der Waals surface area contributed by atoms with E-state index in [1.54, 1.807) is 0 Å². The fraction of sp³-hybridized carbons (Fsp3) is 0.704. The van der Waals surface area contributed by atoms with Crippen molar-refractivity contribution in [2.45, 2.75) is 92.1 Å². The first kappa shape index (κ1) is 28.1. The Labute approximate surface area is 204 Å². The SMILES string of the molecule is Cc1c(C)c2c(c(C)c1OC(=O)CCC(=O)OCCOCCO)CCC(C)(CCCC(C)C)O2. The lowest BCUT2D eigenvalue weighted by atomic mass is 9.84. The summed E-state index contributed by atoms with van der Waals surface area (Å²) in [4.78, 5) is 24.3. The van der Waals surface area contributed by atoms with Crippen molar-refractivity contribution in [3.63, 3.8) is 0 Å². The molecule has 1 N–H and O–H groups in total. The molecule has 1 unspecified atom stereocenters. The van der Waals surface area contributed by atoms with Crippen LogP contribution in [0, 0.1) is 26.7 Å². The molecule has 0 fully saturated rings. The summed E-state index contributed by atoms with van der Waals surface area (Å²) in [5.74, 6) is 1.24. The van der Waals surface area contributed by atoms with Crippen LogP contribution in [0.4, 0.5) is 0 Å². The van der Waals surface area contributed by atoms with Gasteiger partial charge in [-0.2, -0.15) is 0 Å². The predicted octanol–water partition coefficient (Wildman–Crippen LogP) is 4.76. The molecule has 7 nitrogen and oxygen atoms in total. The number of esters is 2. The van der Waals surface area contributed by atoms with E-state index in [0.717, 1.165) is 53.7 Å². The number of hydrogen-bond acceptors (Lipinski definition) is 7. The minimum absolute atomic E-state index is 0.0569. The van der Waals surface area contributed by atoms with Crippen molar-refractivity contribution in [3.8, 4) is 11.5 Å². The van der Waals surface area contributed by atoms with Crippen LogP contribution >= 0.6 is 0 Å². The molecule has 34 heavy (non-hydrogen) atoms. The lowest BCUT2D eigenvalue weighted by Crippen LogP contribution is -2.37. The van der Waals surface area contributed by atoms with Gasteiger partial charge in [-0.05, 0) is 76.0 Å². The molecule has 0 bridgehead atoms. The van der Waals surface area contributed by atoms with Crippen molar-refractivity contribution in [3.05, 3.63) is 22.3 Å². The summed E-state index contributed by atoms with van der Waals surface area (Å²) in [6, 6.07) is 0. The third kappa shape index (κ3) is 7.98. The Bertz CT molecular complexity index is 846. The van der Waals surface area contributed by atoms with Gasteiger partial charge in [0.15, 0.2) is 0 Å². The molecule has 1 atom stereocenters. The highest BCUT2D eigenvalue weighted by atomic mass is 16.6. The van der Waals surface area contributed by atoms with Crippen molar-refractivity contribution >= 4 is 11.9 Å². The molecular weight excluding hydrogens is 436 g/mol. The monoisotopic (exact) mass is 478 g/mol. The zero-order valence-corrected chi connectivity index (χ0v) is 21.8. The van der Waals surface area contributed by atoms with Gasteiger partial charge in [0.25, 0.3) is 0 Å². The van der Waals surface area contributed by atoms with Crippen molar-refractivity contribution in [1.29, 1.82) is 0 Å². The van der Waals surface area contributed by atoms with Crippen molar-refractivity contribution in [1.82, 2.24) is 0 Å². The molecule has 0 aromatic heterocycles. The van der Waals surface area contributed by atoms with E-state index in [9.17, 15) is 9.59 Å². The van der Waals surface area contributed by atoms with Gasteiger partial charge in [0.2, 0.25) is 0 Å². The van der Waals surface area contributed by atoms with Crippen LogP contribution in [-0.2, 0) is 25.5 Å². The van der Waals surface area contributed by atoms with E-state index in [1.165, 1.54) is 6.42 Å². The van der Waals surface area contributed by atoms with Gasteiger partial charge in [0.1, 0.15) is 23.7 Å². The smallest absolute Gasteiger partial charge is 0.311 e. The molecule has 0 aliphatic carbocycles. The first-order valence-electron chi connectivity index (χ1n) is 12.4. The number of benzene rings is 1. The number of fused-ring (bicyclic) bond motifs is 1. The second-order valence-electron chi connectivity index (χ2n) is 9.88. The molecule has 0 saturated heterocycles. The number of aliphatic hydroxyl groups is 1. The number of hydrogen-bond donors (Lipinski definition) is 1. The molecule has 0 saturated carbocycles. The van der Waals surface area contributed by atoms with Crippen LogP contribution in [0.2, 0.25) is 0 Å². The summed E-state index contributed by atoms with van der Waals surface area (Å²) in [7, 11) is 0. The summed E-state index contributed by atoms with van der Waals surface area (Å²) in [6.45, 7) is 13.0. The maximum atomic E-state index is 12.5. The molecule has 0 radical (unpaired) electrons. The Morgan fingerprint density at radius 3 is 2.41 bits per heavy atom. The van der Waals surface area contributed by atoms with Crippen LogP contribution in [-0.4, -0.2) is 49.1 Å². The van der Waals surface area contributed by atoms with E-state index in [1.807, 2.05) is 20.8 Å². The maximum absolute atomic E-state index is 12.5. The number of rotatable bonds is 13. The molecule has 1 aromatic rings. The van der Waals surface area contributed by atoms with Gasteiger partial charge in [0.05, 0.1) is 32.7 Å². The molecular formula is C27H42O7. The molecule has 1 heterocycles. The molecule has 192 valence electrons. The summed E-state index contributed by atoms with van der Waals surface area (Å²) < 4.78 is 22.3. The standard InChI is InChI=1S/C27H42O7/c1-18(2)8-7-12-27(6)13-11-22-21(5)25(19(3)20(4)26(22)34-27)33-24(30)10-9-23(29)32-17-16-31-15-14-28/h18,28H,7-17H2,1-6H3. The van der Waals surface area contributed by atoms with E-state index < -0.39 is 11.9 Å². The molecule has 1 aliphatic rings. The summed E-state index contributed by atoms with van der Waals surface area (Å²) in [5, 5.41) is 8.64. The normalized spacial score (nSPS) is 17.3. The van der Waals surface area contributed by atoms with E-state index in [0.29, 0.717) is 11.7 Å². The average Bonchev–Trinajstić information content (AvgIpc) is 2.78. The van der Waals surface area contributed by atoms with Gasteiger partial charge in [-0.1, -0.05) is 20.3 Å². The third-order valence-corrected chi connectivity index (χ3v) is 6.53. The maximum Gasteiger partial charge on any atom is 0.311 e. The number of carbonyl (C=O) groups excluding carboxylic acids is 2. The van der Waals surface area contributed by atoms with Gasteiger partial charge >= 0.3 is 11.9 Å². The molecule has 1 aromatic carbocycles. The molecule has 0 amide bonds. The average molecular weight is 479 g/mol. The topological polar surface area (TPSA) is 91.3 Å². The van der Waals surface area contributed by atoms with Crippen LogP contribution in [0.3, 0.4) is 0 Å². The zero-order chi connectivity index (χ0) is 25.3. The van der Waals surface area contributed by atoms with Gasteiger partial charge in [-0.25, -0.2) is 0 Å². The van der Waals surface area contributed by atoms with Crippen LogP contribution in [0.25, 0.3) is 0 Å². The highest BCUT2D eigenvalue weighted by Crippen LogP contribution is 2.45. The quantitative estimate of drug-likeness (QED) is 0.248. The van der Waals surface area contributed by atoms with Crippen LogP contribution in [0.15, 0.2) is 0 Å². The minimum Gasteiger partial charge on any atom is -0.487 e. The van der Waals surface area contributed by atoms with Crippen LogP contribution in [0.1, 0.15) is 81.5 Å². The number of carbonyl (C=O) groups is 2. The van der Waals surface area contributed by atoms with Gasteiger partial charge in [-0.3, -0.25) is 9.59 Å². The Balaban J connectivity index is 1.98. The Morgan fingerprint density at radius 2 is 1.74 bits per heavy atom. The van der Waals surface area contributed by atoms with Crippen molar-refractivity contribution in [2.24, 2.45) is 5.92 Å². The molecule has 2 rings (SSSR count). The predicted molar refractivity (Wildman–Crippen MR) is 130 cm³/mol. The highest BCUT2D eigenvalue weighted by Gasteiger charge is 2.34. The first-order chi connectivity index (χ1) is 16.1. The number of aliphatic hydroxyl groups excluding tert-OH is 1. The fourth-order valence-corrected chi connectivity index (χ4v) is 4.32. The minimum atomic E-state index is -0.482. The summed E-state index contributed by atoms with van der Waals surface area (Å²) in [5.41, 5.74) is 3.75. The van der Waals surface area contributed by atoms with Crippen molar-refractivity contribution in [2.75, 3.05) is 26.4 Å². The van der Waals surface area contributed by atoms with Gasteiger partial charge in [0, 0.05) is 5.56 Å². The largest absolute Gasteiger partial charge is 0.487 e. The Morgan fingerprint density at radius 1 is 1.03 bits per heavy atom.